The Labute approximate surface area is 91.5 Å². The third-order valence-electron chi connectivity index (χ3n) is 3.12. The fourth-order valence-electron chi connectivity index (χ4n) is 1.89. The first-order valence-electron chi connectivity index (χ1n) is 5.59. The van der Waals surface area contributed by atoms with Gasteiger partial charge < -0.3 is 14.4 Å². The van der Waals surface area contributed by atoms with Crippen molar-refractivity contribution in [2.24, 2.45) is 5.92 Å². The molecule has 88 valence electrons. The SMILES string of the molecule is COCCOC(=O)N1CCCC(C)C1C. The number of rotatable bonds is 3. The van der Waals surface area contributed by atoms with Gasteiger partial charge in [-0.05, 0) is 25.7 Å². The average Bonchev–Trinajstić information content (AvgIpc) is 2.22. The summed E-state index contributed by atoms with van der Waals surface area (Å²) >= 11 is 0. The van der Waals surface area contributed by atoms with Gasteiger partial charge in [-0.1, -0.05) is 6.92 Å². The molecule has 1 fully saturated rings. The van der Waals surface area contributed by atoms with Gasteiger partial charge in [0.2, 0.25) is 0 Å². The van der Waals surface area contributed by atoms with Crippen molar-refractivity contribution < 1.29 is 14.3 Å². The van der Waals surface area contributed by atoms with Crippen molar-refractivity contribution >= 4 is 6.09 Å². The van der Waals surface area contributed by atoms with Gasteiger partial charge in [0, 0.05) is 19.7 Å². The maximum atomic E-state index is 11.7. The van der Waals surface area contributed by atoms with Crippen molar-refractivity contribution in [2.45, 2.75) is 32.7 Å². The molecule has 0 spiro atoms. The minimum absolute atomic E-state index is 0.203. The predicted molar refractivity (Wildman–Crippen MR) is 57.8 cm³/mol. The Morgan fingerprint density at radius 3 is 2.80 bits per heavy atom. The van der Waals surface area contributed by atoms with Crippen LogP contribution in [0, 0.1) is 5.92 Å². The van der Waals surface area contributed by atoms with Gasteiger partial charge >= 0.3 is 6.09 Å². The van der Waals surface area contributed by atoms with Crippen LogP contribution >= 0.6 is 0 Å². The predicted octanol–water partition coefficient (Wildman–Crippen LogP) is 1.89. The number of amides is 1. The van der Waals surface area contributed by atoms with E-state index >= 15 is 0 Å². The summed E-state index contributed by atoms with van der Waals surface area (Å²) in [4.78, 5) is 13.5. The molecule has 0 aromatic heterocycles. The molecule has 0 N–H and O–H groups in total. The molecule has 0 bridgehead atoms. The molecule has 1 aliphatic rings. The van der Waals surface area contributed by atoms with E-state index in [9.17, 15) is 4.79 Å². The summed E-state index contributed by atoms with van der Waals surface area (Å²) < 4.78 is 9.93. The largest absolute Gasteiger partial charge is 0.447 e. The lowest BCUT2D eigenvalue weighted by Gasteiger charge is -2.36. The number of carbonyl (C=O) groups excluding carboxylic acids is 1. The zero-order valence-corrected chi connectivity index (χ0v) is 9.86. The quantitative estimate of drug-likeness (QED) is 0.675. The van der Waals surface area contributed by atoms with Gasteiger partial charge in [-0.3, -0.25) is 0 Å². The number of piperidine rings is 1. The van der Waals surface area contributed by atoms with Crippen LogP contribution in [0.2, 0.25) is 0 Å². The Balaban J connectivity index is 2.37. The minimum Gasteiger partial charge on any atom is -0.447 e. The lowest BCUT2D eigenvalue weighted by atomic mass is 9.92. The number of hydrogen-bond donors (Lipinski definition) is 0. The van der Waals surface area contributed by atoms with E-state index in [1.54, 1.807) is 7.11 Å². The molecule has 0 saturated carbocycles. The van der Waals surface area contributed by atoms with Crippen LogP contribution in [-0.4, -0.2) is 43.9 Å². The topological polar surface area (TPSA) is 38.8 Å². The number of methoxy groups -OCH3 is 1. The highest BCUT2D eigenvalue weighted by Gasteiger charge is 2.29. The highest BCUT2D eigenvalue weighted by atomic mass is 16.6. The fraction of sp³-hybridized carbons (Fsp3) is 0.909. The first-order chi connectivity index (χ1) is 7.16. The maximum Gasteiger partial charge on any atom is 0.410 e. The van der Waals surface area contributed by atoms with E-state index in [4.69, 9.17) is 9.47 Å². The Kier molecular flexibility index (Phi) is 4.88. The zero-order chi connectivity index (χ0) is 11.3. The Bertz CT molecular complexity index is 208. The minimum atomic E-state index is -0.203. The molecule has 0 radical (unpaired) electrons. The highest BCUT2D eigenvalue weighted by molar-refractivity contribution is 5.68. The van der Waals surface area contributed by atoms with E-state index in [0.29, 0.717) is 19.1 Å². The molecule has 4 nitrogen and oxygen atoms in total. The molecule has 15 heavy (non-hydrogen) atoms. The second-order valence-corrected chi connectivity index (χ2v) is 4.16. The highest BCUT2D eigenvalue weighted by Crippen LogP contribution is 2.23. The third-order valence-corrected chi connectivity index (χ3v) is 3.12. The van der Waals surface area contributed by atoms with E-state index in [2.05, 4.69) is 13.8 Å². The number of hydrogen-bond acceptors (Lipinski definition) is 3. The van der Waals surface area contributed by atoms with Crippen molar-refractivity contribution in [1.82, 2.24) is 4.90 Å². The lowest BCUT2D eigenvalue weighted by molar-refractivity contribution is 0.0447. The number of carbonyl (C=O) groups is 1. The molecule has 4 heteroatoms. The second-order valence-electron chi connectivity index (χ2n) is 4.16. The molecular formula is C11H21NO3. The van der Waals surface area contributed by atoms with Gasteiger partial charge in [-0.15, -0.1) is 0 Å². The van der Waals surface area contributed by atoms with Crippen LogP contribution in [0.25, 0.3) is 0 Å². The van der Waals surface area contributed by atoms with E-state index in [-0.39, 0.29) is 12.1 Å². The fourth-order valence-corrected chi connectivity index (χ4v) is 1.89. The van der Waals surface area contributed by atoms with Crippen molar-refractivity contribution in [1.29, 1.82) is 0 Å². The van der Waals surface area contributed by atoms with Gasteiger partial charge in [-0.2, -0.15) is 0 Å². The molecule has 1 heterocycles. The van der Waals surface area contributed by atoms with Gasteiger partial charge in [-0.25, -0.2) is 4.79 Å². The molecule has 2 unspecified atom stereocenters. The van der Waals surface area contributed by atoms with Crippen molar-refractivity contribution in [3.05, 3.63) is 0 Å². The lowest BCUT2D eigenvalue weighted by Crippen LogP contribution is -2.46. The van der Waals surface area contributed by atoms with E-state index < -0.39 is 0 Å². The van der Waals surface area contributed by atoms with Crippen molar-refractivity contribution in [3.63, 3.8) is 0 Å². The normalized spacial score (nSPS) is 26.5. The van der Waals surface area contributed by atoms with Crippen LogP contribution in [0.15, 0.2) is 0 Å². The molecule has 0 aromatic carbocycles. The van der Waals surface area contributed by atoms with Crippen LogP contribution in [0.5, 0.6) is 0 Å². The van der Waals surface area contributed by atoms with E-state index in [1.807, 2.05) is 4.90 Å². The second kappa shape index (κ2) is 5.95. The summed E-state index contributed by atoms with van der Waals surface area (Å²) in [5.74, 6) is 0.564. The van der Waals surface area contributed by atoms with Crippen LogP contribution in [0.4, 0.5) is 4.79 Å². The van der Waals surface area contributed by atoms with Crippen LogP contribution in [0.1, 0.15) is 26.7 Å². The summed E-state index contributed by atoms with van der Waals surface area (Å²) in [6, 6.07) is 0.286. The Morgan fingerprint density at radius 2 is 2.13 bits per heavy atom. The number of nitrogens with zero attached hydrogens (tertiary/aromatic N) is 1. The molecule has 1 saturated heterocycles. The molecule has 2 atom stereocenters. The van der Waals surface area contributed by atoms with Crippen molar-refractivity contribution in [3.8, 4) is 0 Å². The molecule has 0 aromatic rings. The Morgan fingerprint density at radius 1 is 1.40 bits per heavy atom. The van der Waals surface area contributed by atoms with E-state index in [1.165, 1.54) is 6.42 Å². The average molecular weight is 215 g/mol. The van der Waals surface area contributed by atoms with Crippen molar-refractivity contribution in [2.75, 3.05) is 26.9 Å². The Hall–Kier alpha value is -0.770. The summed E-state index contributed by atoms with van der Waals surface area (Å²) in [7, 11) is 1.60. The monoisotopic (exact) mass is 215 g/mol. The van der Waals surface area contributed by atoms with Crippen LogP contribution < -0.4 is 0 Å². The summed E-state index contributed by atoms with van der Waals surface area (Å²) in [5.41, 5.74) is 0. The molecule has 1 aliphatic heterocycles. The smallest absolute Gasteiger partial charge is 0.410 e. The molecule has 1 amide bonds. The third kappa shape index (κ3) is 3.38. The summed E-state index contributed by atoms with van der Waals surface area (Å²) in [5, 5.41) is 0. The van der Waals surface area contributed by atoms with Gasteiger partial charge in [0.25, 0.3) is 0 Å². The molecular weight excluding hydrogens is 194 g/mol. The number of ether oxygens (including phenoxy) is 2. The standard InChI is InChI=1S/C11H21NO3/c1-9-5-4-6-12(10(9)2)11(13)15-8-7-14-3/h9-10H,4-8H2,1-3H3. The van der Waals surface area contributed by atoms with Gasteiger partial charge in [0.05, 0.1) is 6.61 Å². The molecule has 0 aliphatic carbocycles. The van der Waals surface area contributed by atoms with E-state index in [0.717, 1.165) is 13.0 Å². The summed E-state index contributed by atoms with van der Waals surface area (Å²) in [6.07, 6.45) is 2.07. The first-order valence-corrected chi connectivity index (χ1v) is 5.59. The number of likely N-dealkylation sites (tertiary alicyclic amines) is 1. The maximum absolute atomic E-state index is 11.7. The zero-order valence-electron chi connectivity index (χ0n) is 9.86. The van der Waals surface area contributed by atoms with Gasteiger partial charge in [0.15, 0.2) is 0 Å². The first kappa shape index (κ1) is 12.3. The summed E-state index contributed by atoms with van der Waals surface area (Å²) in [6.45, 7) is 5.88. The molecule has 1 rings (SSSR count). The van der Waals surface area contributed by atoms with Crippen LogP contribution in [0.3, 0.4) is 0 Å². The van der Waals surface area contributed by atoms with Gasteiger partial charge in [0.1, 0.15) is 6.61 Å². The van der Waals surface area contributed by atoms with Crippen LogP contribution in [-0.2, 0) is 9.47 Å².